The Morgan fingerprint density at radius 2 is 1.67 bits per heavy atom. The van der Waals surface area contributed by atoms with Crippen molar-refractivity contribution in [3.8, 4) is 5.75 Å². The standard InChI is InChI=1S/C35H46N2O6S2/c1-6-8-21-35(22-9-7-2)26-36(29-13-11-10-12-14-29)32-24-31(44-5)19-20-33(32)45(40,41,43-27(3)23-34(38)39)37(35)25-28-15-17-30(42-4)18-16-28/h10-20,23-24H,6-9,21-22,25-26H2,1-5H3,(H,38,39)(H,40,41)/b27-23+. The van der Waals surface area contributed by atoms with Gasteiger partial charge in [0.25, 0.3) is 0 Å². The number of unbranched alkanes of at least 4 members (excludes halogenated alkanes) is 2. The van der Waals surface area contributed by atoms with Gasteiger partial charge < -0.3 is 18.9 Å². The maximum absolute atomic E-state index is 16.2. The molecule has 0 spiro atoms. The minimum absolute atomic E-state index is 0.0893. The molecule has 0 aromatic heterocycles. The number of anilines is 2. The number of ether oxygens (including phenoxy) is 1. The first-order valence-electron chi connectivity index (χ1n) is 15.4. The van der Waals surface area contributed by atoms with Gasteiger partial charge in [-0.2, -0.15) is 8.51 Å². The van der Waals surface area contributed by atoms with E-state index in [0.29, 0.717) is 30.8 Å². The van der Waals surface area contributed by atoms with E-state index in [0.717, 1.165) is 47.9 Å². The predicted octanol–water partition coefficient (Wildman–Crippen LogP) is 8.68. The van der Waals surface area contributed by atoms with Gasteiger partial charge in [-0.25, -0.2) is 4.79 Å². The van der Waals surface area contributed by atoms with Gasteiger partial charge in [-0.15, -0.1) is 11.8 Å². The van der Waals surface area contributed by atoms with Crippen LogP contribution in [0.5, 0.6) is 5.75 Å². The Morgan fingerprint density at radius 3 is 2.22 bits per heavy atom. The summed E-state index contributed by atoms with van der Waals surface area (Å²) in [5, 5.41) is 9.61. The summed E-state index contributed by atoms with van der Waals surface area (Å²) in [6, 6.07) is 22.9. The van der Waals surface area contributed by atoms with Gasteiger partial charge in [0.15, 0.2) is 0 Å². The molecule has 0 unspecified atom stereocenters. The Bertz CT molecular complexity index is 1550. The maximum Gasteiger partial charge on any atom is 0.331 e. The van der Waals surface area contributed by atoms with Crippen LogP contribution < -0.4 is 9.64 Å². The second kappa shape index (κ2) is 14.4. The highest BCUT2D eigenvalue weighted by Gasteiger charge is 2.58. The minimum Gasteiger partial charge on any atom is -0.497 e. The van der Waals surface area contributed by atoms with Crippen molar-refractivity contribution in [1.82, 2.24) is 4.31 Å². The SMILES string of the molecule is CCCCC1(CCCC)CN(c2ccccc2)c2cc(SC)ccc2S(=O)(O)(O/C(C)=C/C(=O)O)N1Cc1ccc(OC)cc1. The first kappa shape index (κ1) is 34.6. The number of methoxy groups -OCH3 is 1. The second-order valence-electron chi connectivity index (χ2n) is 11.5. The lowest BCUT2D eigenvalue weighted by Crippen LogP contribution is -2.63. The number of thioether (sulfide) groups is 1. The normalized spacial score (nSPS) is 18.2. The van der Waals surface area contributed by atoms with Gasteiger partial charge >= 0.3 is 5.97 Å². The molecular formula is C35H46N2O6S2. The lowest BCUT2D eigenvalue weighted by atomic mass is 9.85. The Kier molecular flexibility index (Phi) is 11.1. The monoisotopic (exact) mass is 654 g/mol. The predicted molar refractivity (Wildman–Crippen MR) is 184 cm³/mol. The molecule has 0 saturated carbocycles. The molecule has 3 aromatic carbocycles. The number of rotatable bonds is 14. The lowest BCUT2D eigenvalue weighted by molar-refractivity contribution is -0.131. The third-order valence-electron chi connectivity index (χ3n) is 8.36. The van der Waals surface area contributed by atoms with Crippen LogP contribution in [-0.4, -0.2) is 49.6 Å². The highest BCUT2D eigenvalue weighted by molar-refractivity contribution is 8.09. The molecule has 3 aromatic rings. The van der Waals surface area contributed by atoms with E-state index < -0.39 is 21.3 Å². The van der Waals surface area contributed by atoms with Crippen molar-refractivity contribution in [2.45, 2.75) is 81.2 Å². The Hall–Kier alpha value is -3.31. The van der Waals surface area contributed by atoms with Crippen LogP contribution >= 0.6 is 11.8 Å². The number of carboxylic acid groups (broad SMARTS) is 1. The molecule has 2 N–H and O–H groups in total. The number of allylic oxidation sites excluding steroid dienone is 1. The van der Waals surface area contributed by atoms with Gasteiger partial charge in [0.2, 0.25) is 9.81 Å². The summed E-state index contributed by atoms with van der Waals surface area (Å²) in [4.78, 5) is 15.0. The quantitative estimate of drug-likeness (QED) is 0.101. The van der Waals surface area contributed by atoms with Crippen LogP contribution in [0.15, 0.2) is 94.4 Å². The van der Waals surface area contributed by atoms with Crippen molar-refractivity contribution in [2.75, 3.05) is 24.8 Å². The van der Waals surface area contributed by atoms with E-state index in [1.807, 2.05) is 73.0 Å². The third-order valence-corrected chi connectivity index (χ3v) is 12.0. The Labute approximate surface area is 272 Å². The molecule has 244 valence electrons. The van der Waals surface area contributed by atoms with E-state index >= 15 is 4.21 Å². The fraction of sp³-hybridized carbons (Fsp3) is 0.400. The summed E-state index contributed by atoms with van der Waals surface area (Å²) in [7, 11) is -3.91. The molecule has 1 aliphatic rings. The van der Waals surface area contributed by atoms with Crippen LogP contribution in [0.25, 0.3) is 0 Å². The van der Waals surface area contributed by atoms with Gasteiger partial charge in [0, 0.05) is 23.7 Å². The van der Waals surface area contributed by atoms with E-state index in [9.17, 15) is 14.5 Å². The zero-order valence-electron chi connectivity index (χ0n) is 26.9. The minimum atomic E-state index is -5.52. The maximum atomic E-state index is 16.2. The number of carbonyl (C=O) groups is 1. The average Bonchev–Trinajstić information content (AvgIpc) is 3.09. The van der Waals surface area contributed by atoms with Crippen LogP contribution in [-0.2, 0) is 25.3 Å². The van der Waals surface area contributed by atoms with Crippen LogP contribution in [0.3, 0.4) is 0 Å². The number of nitrogens with zero attached hydrogens (tertiary/aromatic N) is 2. The van der Waals surface area contributed by atoms with Crippen molar-refractivity contribution in [3.63, 3.8) is 0 Å². The fourth-order valence-electron chi connectivity index (χ4n) is 6.13. The van der Waals surface area contributed by atoms with Gasteiger partial charge in [-0.05, 0) is 74.0 Å². The summed E-state index contributed by atoms with van der Waals surface area (Å²) in [5.74, 6) is -0.735. The first-order chi connectivity index (χ1) is 21.5. The molecule has 45 heavy (non-hydrogen) atoms. The topological polar surface area (TPSA) is 99.5 Å². The van der Waals surface area contributed by atoms with E-state index in [1.54, 1.807) is 29.2 Å². The third kappa shape index (κ3) is 7.41. The molecule has 10 heteroatoms. The highest BCUT2D eigenvalue weighted by Crippen LogP contribution is 2.55. The van der Waals surface area contributed by atoms with Gasteiger partial charge in [0.05, 0.1) is 24.4 Å². The summed E-state index contributed by atoms with van der Waals surface area (Å²) in [6.45, 7) is 6.18. The number of fused-ring (bicyclic) bond motifs is 1. The smallest absolute Gasteiger partial charge is 0.331 e. The number of para-hydroxylation sites is 1. The molecule has 0 amide bonds. The number of hydrogen-bond acceptors (Lipinski definition) is 6. The number of benzene rings is 3. The van der Waals surface area contributed by atoms with Crippen molar-refractivity contribution >= 4 is 38.9 Å². The Balaban J connectivity index is 2.14. The molecule has 0 atom stereocenters. The van der Waals surface area contributed by atoms with Gasteiger partial charge in [-0.1, -0.05) is 69.9 Å². The zero-order valence-corrected chi connectivity index (χ0v) is 28.5. The summed E-state index contributed by atoms with van der Waals surface area (Å²) >= 11 is 1.55. The first-order valence-corrected chi connectivity index (χ1v) is 18.5. The van der Waals surface area contributed by atoms with Crippen LogP contribution in [0, 0.1) is 0 Å². The molecule has 1 aliphatic heterocycles. The van der Waals surface area contributed by atoms with Crippen LogP contribution in [0.4, 0.5) is 11.4 Å². The molecule has 0 saturated heterocycles. The van der Waals surface area contributed by atoms with Crippen molar-refractivity contribution in [3.05, 3.63) is 90.2 Å². The molecular weight excluding hydrogens is 609 g/mol. The number of hydrogen-bond donors (Lipinski definition) is 2. The molecule has 4 rings (SSSR count). The van der Waals surface area contributed by atoms with Crippen molar-refractivity contribution < 1.29 is 27.6 Å². The highest BCUT2D eigenvalue weighted by atomic mass is 32.3. The number of aliphatic carboxylic acids is 1. The van der Waals surface area contributed by atoms with Gasteiger partial charge in [-0.3, -0.25) is 4.55 Å². The largest absolute Gasteiger partial charge is 0.497 e. The fourth-order valence-corrected chi connectivity index (χ4v) is 9.64. The van der Waals surface area contributed by atoms with Crippen LogP contribution in [0.1, 0.15) is 64.9 Å². The molecule has 0 radical (unpaired) electrons. The summed E-state index contributed by atoms with van der Waals surface area (Å²) < 4.78 is 42.7. The van der Waals surface area contributed by atoms with E-state index in [2.05, 4.69) is 18.7 Å². The molecule has 0 aliphatic carbocycles. The van der Waals surface area contributed by atoms with Crippen LogP contribution in [0.2, 0.25) is 0 Å². The van der Waals surface area contributed by atoms with Crippen molar-refractivity contribution in [1.29, 1.82) is 0 Å². The van der Waals surface area contributed by atoms with E-state index in [-0.39, 0.29) is 17.2 Å². The summed E-state index contributed by atoms with van der Waals surface area (Å²) in [6.07, 6.45) is 7.52. The molecule has 8 nitrogen and oxygen atoms in total. The average molecular weight is 655 g/mol. The van der Waals surface area contributed by atoms with Gasteiger partial charge in [0.1, 0.15) is 16.4 Å². The lowest BCUT2D eigenvalue weighted by Gasteiger charge is -2.54. The second-order valence-corrected chi connectivity index (χ2v) is 15.1. The molecule has 0 bridgehead atoms. The summed E-state index contributed by atoms with van der Waals surface area (Å²) in [5.41, 5.74) is 1.42. The van der Waals surface area contributed by atoms with E-state index in [4.69, 9.17) is 8.92 Å². The van der Waals surface area contributed by atoms with E-state index in [1.165, 1.54) is 6.92 Å². The molecule has 1 heterocycles. The zero-order chi connectivity index (χ0) is 32.7. The molecule has 0 fully saturated rings. The Morgan fingerprint density at radius 1 is 1.02 bits per heavy atom. The van der Waals surface area contributed by atoms with Crippen molar-refractivity contribution in [2.24, 2.45) is 0 Å². The number of carboxylic acids is 1.